The Morgan fingerprint density at radius 2 is 1.95 bits per heavy atom. The van der Waals surface area contributed by atoms with Crippen LogP contribution in [0.3, 0.4) is 0 Å². The van der Waals surface area contributed by atoms with E-state index in [1.165, 1.54) is 5.56 Å². The van der Waals surface area contributed by atoms with Crippen molar-refractivity contribution in [2.45, 2.75) is 32.1 Å². The van der Waals surface area contributed by atoms with Crippen molar-refractivity contribution in [3.05, 3.63) is 29.8 Å². The summed E-state index contributed by atoms with van der Waals surface area (Å²) in [6.45, 7) is 1.63. The second-order valence-corrected chi connectivity index (χ2v) is 5.15. The molecule has 1 saturated heterocycles. The third-order valence-electron chi connectivity index (χ3n) is 3.71. The molecule has 1 fully saturated rings. The number of aryl methyl sites for hydroxylation is 1. The van der Waals surface area contributed by atoms with Crippen molar-refractivity contribution in [2.24, 2.45) is 5.92 Å². The van der Waals surface area contributed by atoms with E-state index >= 15 is 0 Å². The Labute approximate surface area is 114 Å². The zero-order valence-corrected chi connectivity index (χ0v) is 11.6. The number of methoxy groups -OCH3 is 1. The number of ether oxygens (including phenoxy) is 2. The first-order valence-electron chi connectivity index (χ1n) is 7.00. The Morgan fingerprint density at radius 3 is 2.58 bits per heavy atom. The van der Waals surface area contributed by atoms with Gasteiger partial charge in [0.05, 0.1) is 7.11 Å². The first kappa shape index (κ1) is 14.1. The van der Waals surface area contributed by atoms with Crippen LogP contribution >= 0.6 is 0 Å². The van der Waals surface area contributed by atoms with Crippen LogP contribution in [-0.2, 0) is 16.0 Å². The van der Waals surface area contributed by atoms with Crippen molar-refractivity contribution < 1.29 is 14.3 Å². The van der Waals surface area contributed by atoms with E-state index in [2.05, 4.69) is 0 Å². The van der Waals surface area contributed by atoms with Crippen molar-refractivity contribution in [3.8, 4) is 5.75 Å². The molecular formula is C16H22O3. The minimum atomic E-state index is 0.378. The van der Waals surface area contributed by atoms with Gasteiger partial charge < -0.3 is 9.47 Å². The predicted octanol–water partition coefficient (Wildman–Crippen LogP) is 3.01. The number of carbonyl (C=O) groups is 1. The Hall–Kier alpha value is -1.35. The average Bonchev–Trinajstić information content (AvgIpc) is 2.47. The van der Waals surface area contributed by atoms with Crippen LogP contribution in [-0.4, -0.2) is 26.1 Å². The smallest absolute Gasteiger partial charge is 0.133 e. The molecule has 0 aliphatic carbocycles. The molecule has 1 aliphatic rings. The molecule has 0 amide bonds. The number of rotatable bonds is 6. The topological polar surface area (TPSA) is 35.5 Å². The Balaban J connectivity index is 1.72. The summed E-state index contributed by atoms with van der Waals surface area (Å²) < 4.78 is 10.4. The molecule has 1 aromatic rings. The summed E-state index contributed by atoms with van der Waals surface area (Å²) in [7, 11) is 1.66. The molecule has 0 bridgehead atoms. The summed E-state index contributed by atoms with van der Waals surface area (Å²) >= 11 is 0. The number of hydrogen-bond acceptors (Lipinski definition) is 3. The lowest BCUT2D eigenvalue weighted by atomic mass is 9.92. The molecule has 0 unspecified atom stereocenters. The average molecular weight is 262 g/mol. The van der Waals surface area contributed by atoms with Crippen molar-refractivity contribution in [1.29, 1.82) is 0 Å². The Morgan fingerprint density at radius 1 is 1.26 bits per heavy atom. The fourth-order valence-corrected chi connectivity index (χ4v) is 2.45. The van der Waals surface area contributed by atoms with E-state index in [-0.39, 0.29) is 0 Å². The molecule has 2 rings (SSSR count). The van der Waals surface area contributed by atoms with Gasteiger partial charge in [-0.2, -0.15) is 0 Å². The van der Waals surface area contributed by atoms with Gasteiger partial charge in [0, 0.05) is 26.1 Å². The van der Waals surface area contributed by atoms with Crippen molar-refractivity contribution in [1.82, 2.24) is 0 Å². The zero-order valence-electron chi connectivity index (χ0n) is 11.6. The van der Waals surface area contributed by atoms with E-state index in [4.69, 9.17) is 9.47 Å². The van der Waals surface area contributed by atoms with Gasteiger partial charge in [0.25, 0.3) is 0 Å². The molecule has 1 heterocycles. The van der Waals surface area contributed by atoms with E-state index in [1.807, 2.05) is 24.3 Å². The Bertz CT molecular complexity index is 391. The normalized spacial score (nSPS) is 16.3. The highest BCUT2D eigenvalue weighted by Gasteiger charge is 2.17. The molecular weight excluding hydrogens is 240 g/mol. The van der Waals surface area contributed by atoms with Gasteiger partial charge in [-0.05, 0) is 42.9 Å². The highest BCUT2D eigenvalue weighted by molar-refractivity contribution is 5.78. The second-order valence-electron chi connectivity index (χ2n) is 5.15. The number of carbonyl (C=O) groups excluding carboxylic acids is 1. The minimum absolute atomic E-state index is 0.378. The highest BCUT2D eigenvalue weighted by Crippen LogP contribution is 2.20. The van der Waals surface area contributed by atoms with Crippen LogP contribution in [0.1, 0.15) is 31.2 Å². The summed E-state index contributed by atoms with van der Waals surface area (Å²) in [5.41, 5.74) is 1.20. The van der Waals surface area contributed by atoms with Crippen molar-refractivity contribution >= 4 is 5.78 Å². The molecule has 0 radical (unpaired) electrons. The summed E-state index contributed by atoms with van der Waals surface area (Å²) in [5.74, 6) is 1.78. The number of Topliss-reactive ketones (excluding diaryl/α,β-unsaturated/α-hetero) is 1. The monoisotopic (exact) mass is 262 g/mol. The molecule has 3 nitrogen and oxygen atoms in total. The van der Waals surface area contributed by atoms with Gasteiger partial charge in [-0.15, -0.1) is 0 Å². The number of hydrogen-bond donors (Lipinski definition) is 0. The summed E-state index contributed by atoms with van der Waals surface area (Å²) in [5, 5.41) is 0. The predicted molar refractivity (Wildman–Crippen MR) is 74.5 cm³/mol. The van der Waals surface area contributed by atoms with E-state index < -0.39 is 0 Å². The first-order valence-corrected chi connectivity index (χ1v) is 7.00. The molecule has 104 valence electrons. The van der Waals surface area contributed by atoms with E-state index in [0.717, 1.165) is 44.6 Å². The van der Waals surface area contributed by atoms with Gasteiger partial charge in [-0.3, -0.25) is 4.79 Å². The molecule has 0 spiro atoms. The molecule has 1 aliphatic heterocycles. The highest BCUT2D eigenvalue weighted by atomic mass is 16.5. The van der Waals surface area contributed by atoms with Crippen LogP contribution in [0.4, 0.5) is 0 Å². The number of benzene rings is 1. The quantitative estimate of drug-likeness (QED) is 0.790. The van der Waals surface area contributed by atoms with Gasteiger partial charge in [-0.1, -0.05) is 12.1 Å². The van der Waals surface area contributed by atoms with Crippen LogP contribution in [0, 0.1) is 5.92 Å². The molecule has 3 heteroatoms. The summed E-state index contributed by atoms with van der Waals surface area (Å²) in [6.07, 6.45) is 4.26. The third-order valence-corrected chi connectivity index (χ3v) is 3.71. The van der Waals surface area contributed by atoms with E-state index in [1.54, 1.807) is 7.11 Å². The maximum atomic E-state index is 11.9. The molecule has 0 aromatic heterocycles. The second kappa shape index (κ2) is 7.29. The summed E-state index contributed by atoms with van der Waals surface area (Å²) in [4.78, 5) is 11.9. The van der Waals surface area contributed by atoms with Gasteiger partial charge in [0.2, 0.25) is 0 Å². The minimum Gasteiger partial charge on any atom is -0.497 e. The largest absolute Gasteiger partial charge is 0.497 e. The van der Waals surface area contributed by atoms with Gasteiger partial charge in [0.15, 0.2) is 0 Å². The fourth-order valence-electron chi connectivity index (χ4n) is 2.45. The molecule has 0 saturated carbocycles. The maximum absolute atomic E-state index is 11.9. The molecule has 0 atom stereocenters. The number of ketones is 1. The molecule has 0 N–H and O–H groups in total. The van der Waals surface area contributed by atoms with E-state index in [0.29, 0.717) is 18.1 Å². The van der Waals surface area contributed by atoms with Crippen LogP contribution in [0.25, 0.3) is 0 Å². The Kier molecular flexibility index (Phi) is 5.40. The first-order chi connectivity index (χ1) is 9.28. The standard InChI is InChI=1S/C16H22O3/c1-18-16-6-3-13(4-7-16)2-5-15(17)12-14-8-10-19-11-9-14/h3-4,6-7,14H,2,5,8-12H2,1H3. The lowest BCUT2D eigenvalue weighted by Crippen LogP contribution is -2.18. The van der Waals surface area contributed by atoms with Crippen molar-refractivity contribution in [2.75, 3.05) is 20.3 Å². The molecule has 19 heavy (non-hydrogen) atoms. The van der Waals surface area contributed by atoms with Crippen LogP contribution in [0.2, 0.25) is 0 Å². The van der Waals surface area contributed by atoms with Gasteiger partial charge in [0.1, 0.15) is 11.5 Å². The maximum Gasteiger partial charge on any atom is 0.133 e. The van der Waals surface area contributed by atoms with Crippen LogP contribution in [0.15, 0.2) is 24.3 Å². The van der Waals surface area contributed by atoms with Crippen LogP contribution in [0.5, 0.6) is 5.75 Å². The zero-order chi connectivity index (χ0) is 13.5. The summed E-state index contributed by atoms with van der Waals surface area (Å²) in [6, 6.07) is 7.94. The third kappa shape index (κ3) is 4.67. The van der Waals surface area contributed by atoms with Gasteiger partial charge >= 0.3 is 0 Å². The molecule has 1 aromatic carbocycles. The fraction of sp³-hybridized carbons (Fsp3) is 0.562. The van der Waals surface area contributed by atoms with E-state index in [9.17, 15) is 4.79 Å². The van der Waals surface area contributed by atoms with Crippen LogP contribution < -0.4 is 4.74 Å². The van der Waals surface area contributed by atoms with Crippen molar-refractivity contribution in [3.63, 3.8) is 0 Å². The lowest BCUT2D eigenvalue weighted by molar-refractivity contribution is -0.120. The van der Waals surface area contributed by atoms with Gasteiger partial charge in [-0.25, -0.2) is 0 Å². The SMILES string of the molecule is COc1ccc(CCC(=O)CC2CCOCC2)cc1. The lowest BCUT2D eigenvalue weighted by Gasteiger charge is -2.21.